The van der Waals surface area contributed by atoms with Crippen LogP contribution in [0.4, 0.5) is 0 Å². The molecule has 1 aromatic carbocycles. The second kappa shape index (κ2) is 5.12. The van der Waals surface area contributed by atoms with Crippen molar-refractivity contribution in [3.05, 3.63) is 53.6 Å². The van der Waals surface area contributed by atoms with Crippen LogP contribution < -0.4 is 5.32 Å². The van der Waals surface area contributed by atoms with Crippen LogP contribution in [-0.4, -0.2) is 15.5 Å². The number of amides is 1. The van der Waals surface area contributed by atoms with Gasteiger partial charge in [0.15, 0.2) is 0 Å². The van der Waals surface area contributed by atoms with Crippen molar-refractivity contribution < 1.29 is 4.79 Å². The first-order valence-electron chi connectivity index (χ1n) is 6.98. The highest BCUT2D eigenvalue weighted by molar-refractivity contribution is 5.76. The number of benzene rings is 1. The third-order valence-electron chi connectivity index (χ3n) is 3.95. The Kier molecular flexibility index (Phi) is 3.30. The number of nitrogens with zero attached hydrogens (tertiary/aromatic N) is 2. The summed E-state index contributed by atoms with van der Waals surface area (Å²) in [5.74, 6) is 0.479. The number of aromatic nitrogens is 2. The fourth-order valence-corrected chi connectivity index (χ4v) is 2.95. The van der Waals surface area contributed by atoms with Gasteiger partial charge in [-0.1, -0.05) is 30.7 Å². The number of hydrogen-bond donors (Lipinski definition) is 1. The number of carbonyl (C=O) groups excluding carboxylic acids is 1. The lowest BCUT2D eigenvalue weighted by atomic mass is 10.0. The highest BCUT2D eigenvalue weighted by atomic mass is 16.2. The Bertz CT molecular complexity index is 619. The third-order valence-corrected chi connectivity index (χ3v) is 3.95. The van der Waals surface area contributed by atoms with Gasteiger partial charge in [-0.2, -0.15) is 0 Å². The first-order valence-corrected chi connectivity index (χ1v) is 6.98. The van der Waals surface area contributed by atoms with E-state index in [1.165, 1.54) is 16.7 Å². The van der Waals surface area contributed by atoms with E-state index in [1.807, 2.05) is 0 Å². The highest BCUT2D eigenvalue weighted by Crippen LogP contribution is 2.36. The van der Waals surface area contributed by atoms with Gasteiger partial charge in [0.25, 0.3) is 0 Å². The molecule has 4 heteroatoms. The lowest BCUT2D eigenvalue weighted by Gasteiger charge is -2.19. The van der Waals surface area contributed by atoms with Crippen molar-refractivity contribution in [1.29, 1.82) is 0 Å². The Labute approximate surface area is 118 Å². The van der Waals surface area contributed by atoms with Crippen LogP contribution in [0.2, 0.25) is 0 Å². The number of carbonyl (C=O) groups is 1. The molecule has 3 rings (SSSR count). The van der Waals surface area contributed by atoms with Crippen LogP contribution in [0.15, 0.2) is 36.9 Å². The SMILES string of the molecule is Cc1ccc2c(c1)[C@@H](NC(=O)Cn1ccnc1)[C@@H](C)C2. The van der Waals surface area contributed by atoms with E-state index >= 15 is 0 Å². The Hall–Kier alpha value is -2.10. The van der Waals surface area contributed by atoms with Gasteiger partial charge in [0.05, 0.1) is 12.4 Å². The minimum absolute atomic E-state index is 0.0363. The van der Waals surface area contributed by atoms with E-state index < -0.39 is 0 Å². The molecular weight excluding hydrogens is 250 g/mol. The molecule has 1 aliphatic rings. The molecule has 104 valence electrons. The minimum atomic E-state index is 0.0363. The maximum Gasteiger partial charge on any atom is 0.240 e. The van der Waals surface area contributed by atoms with E-state index in [4.69, 9.17) is 0 Å². The number of imidazole rings is 1. The maximum atomic E-state index is 12.1. The Morgan fingerprint density at radius 3 is 3.10 bits per heavy atom. The largest absolute Gasteiger partial charge is 0.347 e. The van der Waals surface area contributed by atoms with Gasteiger partial charge >= 0.3 is 0 Å². The van der Waals surface area contributed by atoms with Crippen LogP contribution in [0.3, 0.4) is 0 Å². The van der Waals surface area contributed by atoms with E-state index in [-0.39, 0.29) is 11.9 Å². The van der Waals surface area contributed by atoms with Gasteiger partial charge in [0.2, 0.25) is 5.91 Å². The molecule has 1 amide bonds. The Balaban J connectivity index is 1.74. The molecule has 0 radical (unpaired) electrons. The Morgan fingerprint density at radius 1 is 1.50 bits per heavy atom. The van der Waals surface area contributed by atoms with Crippen LogP contribution in [0.1, 0.15) is 29.7 Å². The number of aryl methyl sites for hydroxylation is 1. The molecule has 1 N–H and O–H groups in total. The summed E-state index contributed by atoms with van der Waals surface area (Å²) < 4.78 is 1.78. The molecule has 0 fully saturated rings. The summed E-state index contributed by atoms with van der Waals surface area (Å²) in [7, 11) is 0. The van der Waals surface area contributed by atoms with Gasteiger partial charge in [0.1, 0.15) is 6.54 Å². The average molecular weight is 269 g/mol. The summed E-state index contributed by atoms with van der Waals surface area (Å²) in [5, 5.41) is 3.16. The zero-order chi connectivity index (χ0) is 14.1. The fourth-order valence-electron chi connectivity index (χ4n) is 2.95. The third kappa shape index (κ3) is 2.46. The number of nitrogens with one attached hydrogen (secondary N) is 1. The molecular formula is C16H19N3O. The van der Waals surface area contributed by atoms with Crippen molar-refractivity contribution in [2.24, 2.45) is 5.92 Å². The smallest absolute Gasteiger partial charge is 0.240 e. The quantitative estimate of drug-likeness (QED) is 0.929. The van der Waals surface area contributed by atoms with Crippen LogP contribution >= 0.6 is 0 Å². The fraction of sp³-hybridized carbons (Fsp3) is 0.375. The summed E-state index contributed by atoms with van der Waals surface area (Å²) in [5.41, 5.74) is 3.87. The standard InChI is InChI=1S/C16H19N3O/c1-11-3-4-13-8-12(2)16(14(13)7-11)18-15(20)9-19-6-5-17-10-19/h3-7,10,12,16H,8-9H2,1-2H3,(H,18,20)/t12-,16-/m0/s1. The van der Waals surface area contributed by atoms with E-state index in [9.17, 15) is 4.79 Å². The second-order valence-electron chi connectivity index (χ2n) is 5.66. The molecule has 0 bridgehead atoms. The minimum Gasteiger partial charge on any atom is -0.347 e. The van der Waals surface area contributed by atoms with Crippen molar-refractivity contribution in [2.45, 2.75) is 32.9 Å². The van der Waals surface area contributed by atoms with Crippen molar-refractivity contribution in [3.8, 4) is 0 Å². The van der Waals surface area contributed by atoms with Crippen LogP contribution in [0.5, 0.6) is 0 Å². The normalized spacial score (nSPS) is 20.7. The summed E-state index contributed by atoms with van der Waals surface area (Å²) in [6.45, 7) is 4.61. The van der Waals surface area contributed by atoms with Gasteiger partial charge in [-0.05, 0) is 30.4 Å². The van der Waals surface area contributed by atoms with Crippen molar-refractivity contribution in [2.75, 3.05) is 0 Å². The molecule has 1 aromatic heterocycles. The van der Waals surface area contributed by atoms with E-state index in [0.717, 1.165) is 6.42 Å². The summed E-state index contributed by atoms with van der Waals surface area (Å²) in [4.78, 5) is 16.1. The first-order chi connectivity index (χ1) is 9.63. The van der Waals surface area contributed by atoms with Gasteiger partial charge in [-0.25, -0.2) is 4.98 Å². The van der Waals surface area contributed by atoms with Crippen LogP contribution in [0.25, 0.3) is 0 Å². The highest BCUT2D eigenvalue weighted by Gasteiger charge is 2.30. The number of hydrogen-bond acceptors (Lipinski definition) is 2. The monoisotopic (exact) mass is 269 g/mol. The first kappa shape index (κ1) is 12.9. The molecule has 0 unspecified atom stereocenters. The zero-order valence-electron chi connectivity index (χ0n) is 11.8. The summed E-state index contributed by atoms with van der Waals surface area (Å²) in [6.07, 6.45) is 6.18. The van der Waals surface area contributed by atoms with Gasteiger partial charge < -0.3 is 9.88 Å². The molecule has 0 saturated heterocycles. The molecule has 1 aliphatic carbocycles. The van der Waals surface area contributed by atoms with Crippen molar-refractivity contribution in [3.63, 3.8) is 0 Å². The molecule has 0 spiro atoms. The zero-order valence-corrected chi connectivity index (χ0v) is 11.8. The topological polar surface area (TPSA) is 46.9 Å². The van der Waals surface area contributed by atoms with Crippen LogP contribution in [0, 0.1) is 12.8 Å². The predicted molar refractivity (Wildman–Crippen MR) is 77.2 cm³/mol. The van der Waals surface area contributed by atoms with Crippen molar-refractivity contribution >= 4 is 5.91 Å². The Morgan fingerprint density at radius 2 is 2.35 bits per heavy atom. The summed E-state index contributed by atoms with van der Waals surface area (Å²) in [6, 6.07) is 6.65. The molecule has 2 atom stereocenters. The average Bonchev–Trinajstić information content (AvgIpc) is 3.00. The maximum absolute atomic E-state index is 12.1. The van der Waals surface area contributed by atoms with Gasteiger partial charge in [0, 0.05) is 12.4 Å². The summed E-state index contributed by atoms with van der Waals surface area (Å²) >= 11 is 0. The molecule has 0 saturated carbocycles. The second-order valence-corrected chi connectivity index (χ2v) is 5.66. The van der Waals surface area contributed by atoms with E-state index in [2.05, 4.69) is 42.3 Å². The van der Waals surface area contributed by atoms with Crippen molar-refractivity contribution in [1.82, 2.24) is 14.9 Å². The predicted octanol–water partition coefficient (Wildman–Crippen LogP) is 2.24. The number of rotatable bonds is 3. The van der Waals surface area contributed by atoms with E-state index in [1.54, 1.807) is 23.3 Å². The van der Waals surface area contributed by atoms with Gasteiger partial charge in [-0.3, -0.25) is 4.79 Å². The molecule has 20 heavy (non-hydrogen) atoms. The molecule has 4 nitrogen and oxygen atoms in total. The van der Waals surface area contributed by atoms with E-state index in [0.29, 0.717) is 12.5 Å². The van der Waals surface area contributed by atoms with Crippen LogP contribution in [-0.2, 0) is 17.8 Å². The molecule has 2 aromatic rings. The lowest BCUT2D eigenvalue weighted by molar-refractivity contribution is -0.122. The molecule has 0 aliphatic heterocycles. The van der Waals surface area contributed by atoms with Gasteiger partial charge in [-0.15, -0.1) is 0 Å². The number of fused-ring (bicyclic) bond motifs is 1. The molecule has 1 heterocycles. The lowest BCUT2D eigenvalue weighted by Crippen LogP contribution is -2.33.